The third kappa shape index (κ3) is 6.48. The summed E-state index contributed by atoms with van der Waals surface area (Å²) < 4.78 is 51.0. The summed E-state index contributed by atoms with van der Waals surface area (Å²) in [4.78, 5) is 50.9. The van der Waals surface area contributed by atoms with Crippen LogP contribution in [0, 0.1) is 6.92 Å². The van der Waals surface area contributed by atoms with E-state index in [1.165, 1.54) is 13.1 Å². The number of phosphoric ester groups is 1. The van der Waals surface area contributed by atoms with Crippen molar-refractivity contribution in [2.75, 3.05) is 12.3 Å². The molecule has 20 heteroatoms. The van der Waals surface area contributed by atoms with E-state index < -0.39 is 60.3 Å². The summed E-state index contributed by atoms with van der Waals surface area (Å²) in [5, 5.41) is 20.1. The Hall–Kier alpha value is -1.03. The molecule has 1 aromatic heterocycles. The third-order valence-electron chi connectivity index (χ3n) is 3.60. The number of nitrogens with two attached hydrogens (primary N) is 1. The Bertz CT molecular complexity index is 992. The molecule has 0 aliphatic carbocycles. The Kier molecular flexibility index (Phi) is 7.44. The average Bonchev–Trinajstić information content (AvgIpc) is 2.81. The molecule has 1 saturated heterocycles. The number of aromatic nitrogens is 2. The second kappa shape index (κ2) is 8.84. The summed E-state index contributed by atoms with van der Waals surface area (Å²) in [5.74, 6) is -0.0755. The Morgan fingerprint density at radius 2 is 1.73 bits per heavy atom. The monoisotopic (exact) mass is 497 g/mol. The number of phosphoric acid groups is 3. The van der Waals surface area contributed by atoms with Crippen molar-refractivity contribution in [1.82, 2.24) is 9.55 Å². The lowest BCUT2D eigenvalue weighted by Gasteiger charge is -2.19. The van der Waals surface area contributed by atoms with Gasteiger partial charge in [0.25, 0.3) is 0 Å². The number of rotatable bonds is 8. The van der Waals surface area contributed by atoms with Crippen molar-refractivity contribution in [3.05, 3.63) is 22.2 Å². The van der Waals surface area contributed by atoms with Crippen molar-refractivity contribution in [1.29, 1.82) is 0 Å². The Morgan fingerprint density at radius 3 is 2.30 bits per heavy atom. The first-order chi connectivity index (χ1) is 13.5. The van der Waals surface area contributed by atoms with Gasteiger partial charge in [0.2, 0.25) is 0 Å². The van der Waals surface area contributed by atoms with Gasteiger partial charge in [-0.15, -0.1) is 0 Å². The maximum absolute atomic E-state index is 12.0. The highest BCUT2D eigenvalue weighted by Crippen LogP contribution is 2.66. The van der Waals surface area contributed by atoms with E-state index in [0.717, 1.165) is 4.57 Å². The van der Waals surface area contributed by atoms with Crippen molar-refractivity contribution in [3.8, 4) is 0 Å². The van der Waals surface area contributed by atoms with E-state index in [4.69, 9.17) is 25.2 Å². The average molecular weight is 497 g/mol. The van der Waals surface area contributed by atoms with Gasteiger partial charge >= 0.3 is 29.2 Å². The number of hydrogen-bond acceptors (Lipinski definition) is 12. The first-order valence-corrected chi connectivity index (χ1v) is 12.2. The van der Waals surface area contributed by atoms with Gasteiger partial charge in [0, 0.05) is 11.8 Å². The minimum atomic E-state index is -5.72. The van der Waals surface area contributed by atoms with Crippen LogP contribution in [-0.2, 0) is 31.6 Å². The molecule has 1 fully saturated rings. The molecule has 2 rings (SSSR count). The molecule has 0 radical (unpaired) electrons. The van der Waals surface area contributed by atoms with Gasteiger partial charge in [-0.2, -0.15) is 13.6 Å². The second-order valence-corrected chi connectivity index (χ2v) is 10.4. The van der Waals surface area contributed by atoms with E-state index in [1.807, 2.05) is 0 Å². The molecule has 0 spiro atoms. The zero-order valence-electron chi connectivity index (χ0n) is 14.9. The van der Waals surface area contributed by atoms with Crippen molar-refractivity contribution in [3.63, 3.8) is 0 Å². The fraction of sp³-hybridized carbons (Fsp3) is 0.600. The van der Waals surface area contributed by atoms with Crippen LogP contribution in [0.3, 0.4) is 0 Å². The van der Waals surface area contributed by atoms with Crippen LogP contribution in [0.4, 0.5) is 5.82 Å². The summed E-state index contributed by atoms with van der Waals surface area (Å²) >= 11 is 0. The topological polar surface area (TPSA) is 270 Å². The third-order valence-corrected chi connectivity index (χ3v) is 7.41. The van der Waals surface area contributed by atoms with E-state index in [0.29, 0.717) is 5.56 Å². The zero-order valence-corrected chi connectivity index (χ0v) is 17.5. The minimum absolute atomic E-state index is 0.0755. The highest BCUT2D eigenvalue weighted by Gasteiger charge is 2.46. The highest BCUT2D eigenvalue weighted by molar-refractivity contribution is 7.66. The first-order valence-electron chi connectivity index (χ1n) is 7.66. The molecule has 0 aromatic carbocycles. The van der Waals surface area contributed by atoms with Crippen molar-refractivity contribution in [2.24, 2.45) is 0 Å². The van der Waals surface area contributed by atoms with Gasteiger partial charge in [-0.3, -0.25) is 9.09 Å². The van der Waals surface area contributed by atoms with Crippen LogP contribution >= 0.6 is 23.5 Å². The molecule has 0 bridgehead atoms. The summed E-state index contributed by atoms with van der Waals surface area (Å²) in [6, 6.07) is 0. The van der Waals surface area contributed by atoms with Gasteiger partial charge in [-0.05, 0) is 6.92 Å². The van der Waals surface area contributed by atoms with Gasteiger partial charge in [-0.1, -0.05) is 0 Å². The van der Waals surface area contributed by atoms with Crippen LogP contribution < -0.4 is 11.4 Å². The molecule has 30 heavy (non-hydrogen) atoms. The number of anilines is 1. The van der Waals surface area contributed by atoms with E-state index in [9.17, 15) is 33.6 Å². The van der Waals surface area contributed by atoms with Crippen LogP contribution in [0.5, 0.6) is 0 Å². The largest absolute Gasteiger partial charge is 0.490 e. The lowest BCUT2D eigenvalue weighted by atomic mass is 10.1. The molecule has 1 aromatic rings. The van der Waals surface area contributed by atoms with Crippen molar-refractivity contribution >= 4 is 29.3 Å². The highest BCUT2D eigenvalue weighted by atomic mass is 31.3. The molecule has 0 saturated carbocycles. The van der Waals surface area contributed by atoms with Crippen LogP contribution in [0.15, 0.2) is 11.0 Å². The van der Waals surface area contributed by atoms with Crippen molar-refractivity contribution < 1.29 is 61.4 Å². The Balaban J connectivity index is 2.09. The second-order valence-electron chi connectivity index (χ2n) is 5.93. The lowest BCUT2D eigenvalue weighted by Crippen LogP contribution is -2.36. The predicted molar refractivity (Wildman–Crippen MR) is 93.4 cm³/mol. The number of nitrogens with zero attached hydrogens (tertiary/aromatic N) is 2. The molecule has 0 amide bonds. The van der Waals surface area contributed by atoms with Crippen LogP contribution in [-0.4, -0.2) is 64.3 Å². The predicted octanol–water partition coefficient (Wildman–Crippen LogP) is -1.90. The quantitative estimate of drug-likeness (QED) is 0.193. The Labute approximate surface area is 167 Å². The number of ether oxygens (including phenoxy) is 1. The number of aryl methyl sites for hydroxylation is 1. The smallest absolute Gasteiger partial charge is 0.387 e. The molecule has 1 aliphatic heterocycles. The summed E-state index contributed by atoms with van der Waals surface area (Å²) in [7, 11) is -16.7. The summed E-state index contributed by atoms with van der Waals surface area (Å²) in [5.41, 5.74) is 4.91. The molecule has 2 heterocycles. The SMILES string of the molecule is Cc1cn([C@@H]2O[C@H](COP(=O)(O)OP(=O)(O)OP(=O)(O)O)C(O)[C@@H]2O)c(=O)nc1N. The van der Waals surface area contributed by atoms with Gasteiger partial charge in [0.15, 0.2) is 6.23 Å². The molecule has 172 valence electrons. The fourth-order valence-corrected chi connectivity index (χ4v) is 5.36. The number of nitrogen functional groups attached to an aromatic ring is 1. The van der Waals surface area contributed by atoms with Crippen LogP contribution in [0.2, 0.25) is 0 Å². The van der Waals surface area contributed by atoms with Crippen LogP contribution in [0.1, 0.15) is 11.8 Å². The van der Waals surface area contributed by atoms with E-state index in [2.05, 4.69) is 18.1 Å². The van der Waals surface area contributed by atoms with E-state index in [-0.39, 0.29) is 5.82 Å². The van der Waals surface area contributed by atoms with Gasteiger partial charge in [0.05, 0.1) is 6.61 Å². The maximum atomic E-state index is 12.0. The molecule has 17 nitrogen and oxygen atoms in total. The summed E-state index contributed by atoms with van der Waals surface area (Å²) in [6.07, 6.45) is -5.32. The molecular formula is C10H18N3O14P3. The molecular weight excluding hydrogens is 479 g/mol. The lowest BCUT2D eigenvalue weighted by molar-refractivity contribution is -0.0542. The summed E-state index contributed by atoms with van der Waals surface area (Å²) in [6.45, 7) is 0.484. The zero-order chi connectivity index (χ0) is 23.1. The normalized spacial score (nSPS) is 28.8. The first kappa shape index (κ1) is 25.2. The molecule has 3 unspecified atom stereocenters. The number of aliphatic hydroxyl groups excluding tert-OH is 2. The minimum Gasteiger partial charge on any atom is -0.387 e. The standard InChI is InChI=1S/C10H18N3O14P3/c1-4-2-13(10(16)12-8(4)11)9-7(15)6(14)5(25-9)3-24-29(20,21)27-30(22,23)26-28(17,18)19/h2,5-7,9,14-15H,3H2,1H3,(H,20,21)(H,22,23)(H2,11,12,16)(H2,17,18,19)/t5-,6?,7+,9-/m1/s1. The van der Waals surface area contributed by atoms with E-state index in [1.54, 1.807) is 0 Å². The molecule has 8 N–H and O–H groups in total. The molecule has 6 atom stereocenters. The van der Waals surface area contributed by atoms with Gasteiger partial charge in [-0.25, -0.2) is 18.5 Å². The fourth-order valence-electron chi connectivity index (χ4n) is 2.33. The Morgan fingerprint density at radius 1 is 1.13 bits per heavy atom. The molecule has 1 aliphatic rings. The number of aliphatic hydroxyl groups is 2. The number of hydrogen-bond donors (Lipinski definition) is 7. The maximum Gasteiger partial charge on any atom is 0.490 e. The van der Waals surface area contributed by atoms with Crippen LogP contribution in [0.25, 0.3) is 0 Å². The van der Waals surface area contributed by atoms with E-state index >= 15 is 0 Å². The van der Waals surface area contributed by atoms with Gasteiger partial charge < -0.3 is 40.3 Å². The van der Waals surface area contributed by atoms with Crippen molar-refractivity contribution in [2.45, 2.75) is 31.5 Å². The van der Waals surface area contributed by atoms with Gasteiger partial charge in [0.1, 0.15) is 24.1 Å².